The summed E-state index contributed by atoms with van der Waals surface area (Å²) < 4.78 is 33.7. The first-order valence-corrected chi connectivity index (χ1v) is 11.1. The van der Waals surface area contributed by atoms with Gasteiger partial charge in [-0.3, -0.25) is 4.98 Å². The topological polar surface area (TPSA) is 102 Å². The molecule has 0 aliphatic heterocycles. The number of aromatic nitrogens is 2. The van der Waals surface area contributed by atoms with Crippen molar-refractivity contribution in [3.63, 3.8) is 0 Å². The summed E-state index contributed by atoms with van der Waals surface area (Å²) >= 11 is 0. The summed E-state index contributed by atoms with van der Waals surface area (Å²) in [4.78, 5) is 4.30. The lowest BCUT2D eigenvalue weighted by Gasteiger charge is -2.38. The van der Waals surface area contributed by atoms with Gasteiger partial charge in [-0.15, -0.1) is 0 Å². The molecule has 7 nitrogen and oxygen atoms in total. The molecule has 0 unspecified atom stereocenters. The van der Waals surface area contributed by atoms with Gasteiger partial charge in [-0.25, -0.2) is 12.4 Å². The number of benzene rings is 1. The van der Waals surface area contributed by atoms with Crippen LogP contribution in [0.15, 0.2) is 47.8 Å². The Kier molecular flexibility index (Phi) is 5.62. The van der Waals surface area contributed by atoms with Crippen molar-refractivity contribution in [2.45, 2.75) is 57.6 Å². The number of fused-ring (bicyclic) bond motifs is 1. The van der Waals surface area contributed by atoms with Crippen LogP contribution in [0.25, 0.3) is 10.9 Å². The standard InChI is InChI=1S/C21H27BN2O5S/c1-14-7-9-16(10-8-14)30(27,28)24-13-18(17-12-23-11-15(2)19(17)24)22(26)29-21(5,6)20(3,4)25/h7-13,25-26H,1-6H3. The van der Waals surface area contributed by atoms with Gasteiger partial charge < -0.3 is 14.8 Å². The molecular weight excluding hydrogens is 403 g/mol. The zero-order chi connectivity index (χ0) is 22.5. The molecule has 0 amide bonds. The summed E-state index contributed by atoms with van der Waals surface area (Å²) in [5, 5.41) is 21.6. The zero-order valence-corrected chi connectivity index (χ0v) is 18.9. The molecule has 160 valence electrons. The lowest BCUT2D eigenvalue weighted by molar-refractivity contribution is -0.0982. The van der Waals surface area contributed by atoms with Gasteiger partial charge in [0.05, 0.1) is 21.6 Å². The maximum absolute atomic E-state index is 13.4. The van der Waals surface area contributed by atoms with Crippen LogP contribution in [0, 0.1) is 13.8 Å². The number of aliphatic hydroxyl groups is 1. The maximum atomic E-state index is 13.4. The third kappa shape index (κ3) is 3.90. The molecule has 0 bridgehead atoms. The summed E-state index contributed by atoms with van der Waals surface area (Å²) in [7, 11) is -5.38. The van der Waals surface area contributed by atoms with Gasteiger partial charge in [-0.2, -0.15) is 0 Å². The van der Waals surface area contributed by atoms with Crippen molar-refractivity contribution < 1.29 is 23.2 Å². The Bertz CT molecular complexity index is 1180. The van der Waals surface area contributed by atoms with Crippen molar-refractivity contribution in [3.8, 4) is 0 Å². The van der Waals surface area contributed by atoms with E-state index in [1.165, 1.54) is 12.4 Å². The second-order valence-electron chi connectivity index (χ2n) is 8.59. The predicted octanol–water partition coefficient (Wildman–Crippen LogP) is 2.14. The van der Waals surface area contributed by atoms with Crippen LogP contribution in [-0.4, -0.2) is 45.8 Å². The van der Waals surface area contributed by atoms with E-state index in [0.29, 0.717) is 16.5 Å². The third-order valence-electron chi connectivity index (χ3n) is 5.61. The Morgan fingerprint density at radius 1 is 1.07 bits per heavy atom. The monoisotopic (exact) mass is 430 g/mol. The molecule has 0 radical (unpaired) electrons. The molecule has 0 saturated heterocycles. The van der Waals surface area contributed by atoms with Gasteiger partial charge in [0, 0.05) is 29.4 Å². The molecular formula is C21H27BN2O5S. The van der Waals surface area contributed by atoms with Gasteiger partial charge in [0.2, 0.25) is 0 Å². The molecule has 0 spiro atoms. The van der Waals surface area contributed by atoms with Crippen LogP contribution in [-0.2, 0) is 14.7 Å². The molecule has 0 atom stereocenters. The van der Waals surface area contributed by atoms with Gasteiger partial charge in [0.15, 0.2) is 0 Å². The average Bonchev–Trinajstić information content (AvgIpc) is 3.03. The van der Waals surface area contributed by atoms with Crippen LogP contribution >= 0.6 is 0 Å². The molecule has 2 heterocycles. The Balaban J connectivity index is 2.18. The van der Waals surface area contributed by atoms with E-state index in [1.54, 1.807) is 65.1 Å². The Hall–Kier alpha value is -2.20. The number of aryl methyl sites for hydroxylation is 2. The summed E-state index contributed by atoms with van der Waals surface area (Å²) in [6.07, 6.45) is 4.43. The Morgan fingerprint density at radius 2 is 1.67 bits per heavy atom. The first-order chi connectivity index (χ1) is 13.8. The Morgan fingerprint density at radius 3 is 2.23 bits per heavy atom. The van der Waals surface area contributed by atoms with E-state index in [4.69, 9.17) is 4.65 Å². The minimum Gasteiger partial charge on any atom is -0.423 e. The minimum atomic E-state index is -3.92. The molecule has 2 N–H and O–H groups in total. The predicted molar refractivity (Wildman–Crippen MR) is 117 cm³/mol. The van der Waals surface area contributed by atoms with Crippen molar-refractivity contribution in [3.05, 3.63) is 54.0 Å². The minimum absolute atomic E-state index is 0.139. The van der Waals surface area contributed by atoms with Gasteiger partial charge in [-0.05, 0) is 59.2 Å². The van der Waals surface area contributed by atoms with E-state index in [0.717, 1.165) is 9.54 Å². The van der Waals surface area contributed by atoms with E-state index < -0.39 is 28.3 Å². The van der Waals surface area contributed by atoms with E-state index in [2.05, 4.69) is 4.98 Å². The lowest BCUT2D eigenvalue weighted by Crippen LogP contribution is -2.53. The van der Waals surface area contributed by atoms with E-state index in [-0.39, 0.29) is 10.4 Å². The van der Waals surface area contributed by atoms with Crippen LogP contribution in [0.4, 0.5) is 0 Å². The molecule has 0 saturated carbocycles. The fraction of sp³-hybridized carbons (Fsp3) is 0.381. The third-order valence-corrected chi connectivity index (χ3v) is 7.29. The first kappa shape index (κ1) is 22.5. The molecule has 9 heteroatoms. The normalized spacial score (nSPS) is 13.1. The molecule has 0 fully saturated rings. The maximum Gasteiger partial charge on any atom is 0.493 e. The quantitative estimate of drug-likeness (QED) is 0.581. The largest absolute Gasteiger partial charge is 0.493 e. The van der Waals surface area contributed by atoms with Crippen molar-refractivity contribution in [2.24, 2.45) is 0 Å². The fourth-order valence-electron chi connectivity index (χ4n) is 3.02. The number of nitrogens with zero attached hydrogens (tertiary/aromatic N) is 2. The van der Waals surface area contributed by atoms with Crippen LogP contribution in [0.2, 0.25) is 0 Å². The van der Waals surface area contributed by atoms with Crippen LogP contribution in [0.5, 0.6) is 0 Å². The highest BCUT2D eigenvalue weighted by atomic mass is 32.2. The van der Waals surface area contributed by atoms with Crippen molar-refractivity contribution >= 4 is 33.5 Å². The molecule has 0 aliphatic carbocycles. The van der Waals surface area contributed by atoms with Crippen LogP contribution in [0.3, 0.4) is 0 Å². The lowest BCUT2D eigenvalue weighted by atomic mass is 9.76. The van der Waals surface area contributed by atoms with Crippen LogP contribution in [0.1, 0.15) is 38.8 Å². The summed E-state index contributed by atoms with van der Waals surface area (Å²) in [6.45, 7) is 10.1. The SMILES string of the molecule is Cc1ccc(S(=O)(=O)n2cc(B(O)OC(C)(C)C(C)(C)O)c3cncc(C)c32)cc1. The van der Waals surface area contributed by atoms with Gasteiger partial charge >= 0.3 is 7.12 Å². The van der Waals surface area contributed by atoms with Crippen LogP contribution < -0.4 is 5.46 Å². The van der Waals surface area contributed by atoms with Gasteiger partial charge in [0.1, 0.15) is 0 Å². The van der Waals surface area contributed by atoms with Gasteiger partial charge in [-0.1, -0.05) is 17.7 Å². The highest BCUT2D eigenvalue weighted by Crippen LogP contribution is 2.28. The van der Waals surface area contributed by atoms with E-state index in [9.17, 15) is 18.5 Å². The van der Waals surface area contributed by atoms with Crippen molar-refractivity contribution in [2.75, 3.05) is 0 Å². The number of rotatable bonds is 6. The van der Waals surface area contributed by atoms with E-state index >= 15 is 0 Å². The van der Waals surface area contributed by atoms with Crippen molar-refractivity contribution in [1.29, 1.82) is 0 Å². The summed E-state index contributed by atoms with van der Waals surface area (Å²) in [5.74, 6) is 0. The highest BCUT2D eigenvalue weighted by molar-refractivity contribution is 7.90. The fourth-order valence-corrected chi connectivity index (χ4v) is 4.46. The Labute approximate surface area is 177 Å². The number of hydrogen-bond acceptors (Lipinski definition) is 6. The number of hydrogen-bond donors (Lipinski definition) is 2. The smallest absolute Gasteiger partial charge is 0.423 e. The summed E-state index contributed by atoms with van der Waals surface area (Å²) in [6, 6.07) is 6.57. The first-order valence-electron chi connectivity index (χ1n) is 9.62. The molecule has 1 aromatic carbocycles. The molecule has 2 aromatic heterocycles. The second kappa shape index (κ2) is 7.49. The van der Waals surface area contributed by atoms with Gasteiger partial charge in [0.25, 0.3) is 10.0 Å². The highest BCUT2D eigenvalue weighted by Gasteiger charge is 2.40. The molecule has 0 aliphatic rings. The molecule has 30 heavy (non-hydrogen) atoms. The second-order valence-corrected chi connectivity index (χ2v) is 10.4. The number of pyridine rings is 1. The summed E-state index contributed by atoms with van der Waals surface area (Å²) in [5.41, 5.74) is -0.0745. The molecule has 3 aromatic rings. The van der Waals surface area contributed by atoms with Crippen molar-refractivity contribution in [1.82, 2.24) is 8.96 Å². The molecule has 3 rings (SSSR count). The average molecular weight is 430 g/mol. The zero-order valence-electron chi connectivity index (χ0n) is 18.0. The van der Waals surface area contributed by atoms with E-state index in [1.807, 2.05) is 6.92 Å².